The maximum Gasteiger partial charge on any atom is 0.335 e. The maximum absolute atomic E-state index is 14.3. The van der Waals surface area contributed by atoms with Crippen molar-refractivity contribution in [1.29, 1.82) is 5.26 Å². The van der Waals surface area contributed by atoms with E-state index in [2.05, 4.69) is 20.4 Å². The predicted octanol–water partition coefficient (Wildman–Crippen LogP) is 4.58. The number of hydrogen-bond acceptors (Lipinski definition) is 7. The third-order valence-corrected chi connectivity index (χ3v) is 8.68. The van der Waals surface area contributed by atoms with E-state index in [0.717, 1.165) is 55.1 Å². The number of aromatic nitrogens is 2. The van der Waals surface area contributed by atoms with Gasteiger partial charge in [0.1, 0.15) is 24.0 Å². The van der Waals surface area contributed by atoms with Gasteiger partial charge in [-0.25, -0.2) is 14.2 Å². The molecule has 3 atom stereocenters. The summed E-state index contributed by atoms with van der Waals surface area (Å²) < 4.78 is 28.1. The van der Waals surface area contributed by atoms with Gasteiger partial charge in [-0.15, -0.1) is 0 Å². The highest BCUT2D eigenvalue weighted by Crippen LogP contribution is 2.37. The first-order valence-electron chi connectivity index (χ1n) is 14.2. The molecule has 1 N–H and O–H groups in total. The fourth-order valence-electron chi connectivity index (χ4n) is 6.25. The molecule has 10 heteroatoms. The van der Waals surface area contributed by atoms with E-state index >= 15 is 0 Å². The molecule has 0 radical (unpaired) electrons. The molecule has 0 spiro atoms. The lowest BCUT2D eigenvalue weighted by Crippen LogP contribution is -2.68. The molecule has 214 valence electrons. The second-order valence-electron chi connectivity index (χ2n) is 11.3. The molecule has 0 amide bonds. The van der Waals surface area contributed by atoms with Crippen LogP contribution in [0.5, 0.6) is 5.75 Å². The Balaban J connectivity index is 1.04. The summed E-state index contributed by atoms with van der Waals surface area (Å²) in [4.78, 5) is 21.4. The highest BCUT2D eigenvalue weighted by atomic mass is 19.1. The first kappa shape index (κ1) is 26.4. The Hall–Kier alpha value is -4.46. The van der Waals surface area contributed by atoms with Crippen LogP contribution in [0.4, 0.5) is 10.1 Å². The van der Waals surface area contributed by atoms with Gasteiger partial charge in [0.25, 0.3) is 0 Å². The highest BCUT2D eigenvalue weighted by Gasteiger charge is 2.45. The molecule has 3 aromatic carbocycles. The Kier molecular flexibility index (Phi) is 6.76. The van der Waals surface area contributed by atoms with Crippen molar-refractivity contribution >= 4 is 22.7 Å². The summed E-state index contributed by atoms with van der Waals surface area (Å²) >= 11 is 0. The number of aromatic carboxylic acids is 1. The van der Waals surface area contributed by atoms with Crippen molar-refractivity contribution in [3.63, 3.8) is 0 Å². The van der Waals surface area contributed by atoms with Gasteiger partial charge in [0.15, 0.2) is 0 Å². The number of carboxylic acid groups (broad SMARTS) is 1. The van der Waals surface area contributed by atoms with E-state index < -0.39 is 11.8 Å². The topological polar surface area (TPSA) is 104 Å². The zero-order valence-corrected chi connectivity index (χ0v) is 22.9. The van der Waals surface area contributed by atoms with Gasteiger partial charge < -0.3 is 24.0 Å². The van der Waals surface area contributed by atoms with Crippen LogP contribution in [0.1, 0.15) is 40.2 Å². The molecule has 4 aliphatic heterocycles. The van der Waals surface area contributed by atoms with Crippen molar-refractivity contribution in [2.45, 2.75) is 50.7 Å². The Bertz CT molecular complexity index is 1700. The molecular weight excluding hydrogens is 537 g/mol. The minimum absolute atomic E-state index is 0.0842. The molecule has 2 unspecified atom stereocenters. The third kappa shape index (κ3) is 4.95. The number of fused-ring (bicyclic) bond motifs is 3. The first-order chi connectivity index (χ1) is 20.4. The van der Waals surface area contributed by atoms with Crippen LogP contribution in [-0.4, -0.2) is 63.4 Å². The summed E-state index contributed by atoms with van der Waals surface area (Å²) in [6.07, 6.45) is 2.25. The van der Waals surface area contributed by atoms with Gasteiger partial charge in [-0.1, -0.05) is 12.1 Å². The van der Waals surface area contributed by atoms with Crippen LogP contribution in [-0.2, 0) is 24.4 Å². The van der Waals surface area contributed by atoms with Crippen LogP contribution in [0.3, 0.4) is 0 Å². The summed E-state index contributed by atoms with van der Waals surface area (Å²) in [5, 5.41) is 18.5. The van der Waals surface area contributed by atoms with Crippen molar-refractivity contribution in [3.8, 4) is 11.8 Å². The third-order valence-electron chi connectivity index (χ3n) is 8.68. The largest absolute Gasteiger partial charge is 0.489 e. The number of imidazole rings is 1. The van der Waals surface area contributed by atoms with Gasteiger partial charge in [0.2, 0.25) is 0 Å². The number of carbonyl (C=O) groups is 1. The summed E-state index contributed by atoms with van der Waals surface area (Å²) in [7, 11) is 0. The first-order valence-corrected chi connectivity index (χ1v) is 14.2. The van der Waals surface area contributed by atoms with Gasteiger partial charge >= 0.3 is 5.97 Å². The summed E-state index contributed by atoms with van der Waals surface area (Å²) in [5.41, 5.74) is 3.66. The van der Waals surface area contributed by atoms with E-state index in [1.807, 2.05) is 24.3 Å². The maximum atomic E-state index is 14.3. The van der Waals surface area contributed by atoms with Crippen LogP contribution < -0.4 is 9.64 Å². The number of nitrogens with zero attached hydrogens (tertiary/aromatic N) is 5. The summed E-state index contributed by atoms with van der Waals surface area (Å²) in [5.74, 6) is 0.216. The monoisotopic (exact) mass is 567 g/mol. The van der Waals surface area contributed by atoms with Crippen LogP contribution in [0.2, 0.25) is 0 Å². The lowest BCUT2D eigenvalue weighted by molar-refractivity contribution is -0.0601. The number of anilines is 1. The number of nitriles is 1. The molecule has 0 saturated carbocycles. The Morgan fingerprint density at radius 2 is 1.98 bits per heavy atom. The molecular formula is C32H30FN5O4. The number of rotatable bonds is 9. The number of halogens is 1. The normalized spacial score (nSPS) is 21.4. The summed E-state index contributed by atoms with van der Waals surface area (Å²) in [6, 6.07) is 20.1. The van der Waals surface area contributed by atoms with E-state index in [1.54, 1.807) is 30.3 Å². The number of hydrogen-bond donors (Lipinski definition) is 1. The fraction of sp³-hybridized carbons (Fsp3) is 0.344. The number of benzene rings is 3. The average Bonchev–Trinajstić information content (AvgIpc) is 3.33. The number of ether oxygens (including phenoxy) is 2. The van der Waals surface area contributed by atoms with E-state index in [0.29, 0.717) is 36.5 Å². The number of carboxylic acids is 1. The Morgan fingerprint density at radius 3 is 2.69 bits per heavy atom. The molecule has 4 saturated heterocycles. The van der Waals surface area contributed by atoms with Gasteiger partial charge in [-0.2, -0.15) is 5.26 Å². The molecule has 4 aliphatic rings. The standard InChI is InChI=1S/C32H30FN5O4/c33-28-10-20(14-34)4-5-22(28)19-42-26-3-1-2-23(13-26)36-15-24-12-25(16-36)37(24)18-31-35-29-7-6-21(32(39)40)11-30(29)38(31)17-27-8-9-41-27/h1-7,10-11,13,24-25,27H,8-9,12,15-19H2,(H,39,40)/t24?,25?,27-/m0/s1. The quantitative estimate of drug-likeness (QED) is 0.314. The Labute approximate surface area is 242 Å². The Morgan fingerprint density at radius 1 is 1.14 bits per heavy atom. The smallest absolute Gasteiger partial charge is 0.335 e. The lowest BCUT2D eigenvalue weighted by atomic mass is 9.87. The number of piperazine rings is 1. The molecule has 8 rings (SSSR count). The van der Waals surface area contributed by atoms with E-state index in [4.69, 9.17) is 19.7 Å². The zero-order valence-electron chi connectivity index (χ0n) is 22.9. The van der Waals surface area contributed by atoms with Crippen LogP contribution in [0, 0.1) is 17.1 Å². The fourth-order valence-corrected chi connectivity index (χ4v) is 6.25. The molecule has 4 fully saturated rings. The molecule has 9 nitrogen and oxygen atoms in total. The van der Waals surface area contributed by atoms with Crippen molar-refractivity contribution < 1.29 is 23.8 Å². The SMILES string of the molecule is N#Cc1ccc(COc2cccc(N3CC4CC(C3)N4Cc3nc4ccc(C(=O)O)cc4n3C[C@@H]3CCO3)c2)c(F)c1. The second kappa shape index (κ2) is 10.7. The minimum atomic E-state index is -0.945. The van der Waals surface area contributed by atoms with Gasteiger partial charge in [0, 0.05) is 49.1 Å². The van der Waals surface area contributed by atoms with Crippen molar-refractivity contribution in [2.75, 3.05) is 24.6 Å². The van der Waals surface area contributed by atoms with Crippen LogP contribution in [0.15, 0.2) is 60.7 Å². The molecule has 2 bridgehead atoms. The molecule has 5 heterocycles. The molecule has 1 aromatic heterocycles. The van der Waals surface area contributed by atoms with Crippen molar-refractivity contribution in [1.82, 2.24) is 14.5 Å². The molecule has 4 aromatic rings. The highest BCUT2D eigenvalue weighted by molar-refractivity contribution is 5.92. The molecule has 42 heavy (non-hydrogen) atoms. The van der Waals surface area contributed by atoms with E-state index in [-0.39, 0.29) is 23.8 Å². The lowest BCUT2D eigenvalue weighted by Gasteiger charge is -2.57. The summed E-state index contributed by atoms with van der Waals surface area (Å²) in [6.45, 7) is 3.97. The zero-order chi connectivity index (χ0) is 28.8. The number of piperidine rings is 1. The average molecular weight is 568 g/mol. The van der Waals surface area contributed by atoms with Gasteiger partial charge in [-0.05, 0) is 55.3 Å². The van der Waals surface area contributed by atoms with Crippen molar-refractivity contribution in [3.05, 3.63) is 89.0 Å². The van der Waals surface area contributed by atoms with Crippen molar-refractivity contribution in [2.24, 2.45) is 0 Å². The van der Waals surface area contributed by atoms with Gasteiger partial charge in [0.05, 0.1) is 47.4 Å². The minimum Gasteiger partial charge on any atom is -0.489 e. The predicted molar refractivity (Wildman–Crippen MR) is 153 cm³/mol. The van der Waals surface area contributed by atoms with Gasteiger partial charge in [-0.3, -0.25) is 4.90 Å². The second-order valence-corrected chi connectivity index (χ2v) is 11.3. The van der Waals surface area contributed by atoms with E-state index in [9.17, 15) is 14.3 Å². The van der Waals surface area contributed by atoms with Crippen LogP contribution in [0.25, 0.3) is 11.0 Å². The van der Waals surface area contributed by atoms with E-state index in [1.165, 1.54) is 6.07 Å². The molecule has 0 aliphatic carbocycles. The van der Waals surface area contributed by atoms with Crippen LogP contribution >= 0.6 is 0 Å².